The van der Waals surface area contributed by atoms with Gasteiger partial charge < -0.3 is 20.3 Å². The molecular formula is C19H18FNO5. The number of ether oxygens (including phenoxy) is 1. The molecule has 0 radical (unpaired) electrons. The van der Waals surface area contributed by atoms with Crippen molar-refractivity contribution in [2.24, 2.45) is 0 Å². The van der Waals surface area contributed by atoms with E-state index in [1.54, 1.807) is 36.4 Å². The summed E-state index contributed by atoms with van der Waals surface area (Å²) in [6.07, 6.45) is -0.00175. The first-order chi connectivity index (χ1) is 12.4. The van der Waals surface area contributed by atoms with Crippen LogP contribution in [0.15, 0.2) is 48.5 Å². The topological polar surface area (TPSA) is 95.9 Å². The van der Waals surface area contributed by atoms with E-state index >= 15 is 0 Å². The Balaban J connectivity index is 1.72. The Kier molecular flexibility index (Phi) is 5.01. The molecule has 1 fully saturated rings. The second kappa shape index (κ2) is 7.23. The van der Waals surface area contributed by atoms with E-state index in [9.17, 15) is 19.1 Å². The molecule has 6 nitrogen and oxygen atoms in total. The van der Waals surface area contributed by atoms with Gasteiger partial charge in [-0.3, -0.25) is 4.79 Å². The Bertz CT molecular complexity index is 806. The third-order valence-corrected chi connectivity index (χ3v) is 4.44. The molecule has 2 atom stereocenters. The van der Waals surface area contributed by atoms with Crippen molar-refractivity contribution in [2.45, 2.75) is 18.1 Å². The Morgan fingerprint density at radius 2 is 1.69 bits per heavy atom. The predicted molar refractivity (Wildman–Crippen MR) is 91.1 cm³/mol. The average molecular weight is 359 g/mol. The van der Waals surface area contributed by atoms with E-state index in [2.05, 4.69) is 5.32 Å². The number of nitrogens with one attached hydrogen (secondary N) is 1. The smallest absolute Gasteiger partial charge is 0.338 e. The molecule has 1 heterocycles. The molecule has 0 aliphatic carbocycles. The number of carboxylic acids is 1. The SMILES string of the molecule is O=C(O[C@@]1(CO)CN[C@H](C(=O)O)C1)c1ccc(-c2ccc(F)cc2)cc1. The zero-order valence-electron chi connectivity index (χ0n) is 13.8. The van der Waals surface area contributed by atoms with Gasteiger partial charge in [0.15, 0.2) is 0 Å². The molecule has 2 aromatic carbocycles. The van der Waals surface area contributed by atoms with E-state index in [1.165, 1.54) is 12.1 Å². The van der Waals surface area contributed by atoms with Crippen LogP contribution in [0.4, 0.5) is 4.39 Å². The Morgan fingerprint density at radius 1 is 1.12 bits per heavy atom. The fraction of sp³-hybridized carbons (Fsp3) is 0.263. The number of benzene rings is 2. The molecule has 26 heavy (non-hydrogen) atoms. The van der Waals surface area contributed by atoms with Crippen LogP contribution in [0, 0.1) is 5.82 Å². The number of hydrogen-bond donors (Lipinski definition) is 3. The molecule has 0 saturated carbocycles. The van der Waals surface area contributed by atoms with E-state index in [0.29, 0.717) is 0 Å². The van der Waals surface area contributed by atoms with E-state index in [-0.39, 0.29) is 24.3 Å². The van der Waals surface area contributed by atoms with Crippen LogP contribution in [-0.4, -0.2) is 46.9 Å². The molecular weight excluding hydrogens is 341 g/mol. The van der Waals surface area contributed by atoms with Gasteiger partial charge in [0, 0.05) is 13.0 Å². The molecule has 0 amide bonds. The first kappa shape index (κ1) is 18.0. The third-order valence-electron chi connectivity index (χ3n) is 4.44. The van der Waals surface area contributed by atoms with E-state index in [1.807, 2.05) is 0 Å². The monoisotopic (exact) mass is 359 g/mol. The summed E-state index contributed by atoms with van der Waals surface area (Å²) < 4.78 is 18.4. The van der Waals surface area contributed by atoms with Gasteiger partial charge >= 0.3 is 11.9 Å². The van der Waals surface area contributed by atoms with E-state index < -0.39 is 30.2 Å². The summed E-state index contributed by atoms with van der Waals surface area (Å²) in [5, 5.41) is 21.3. The molecule has 7 heteroatoms. The zero-order chi connectivity index (χ0) is 18.7. The van der Waals surface area contributed by atoms with Crippen LogP contribution in [0.1, 0.15) is 16.8 Å². The second-order valence-corrected chi connectivity index (χ2v) is 6.29. The van der Waals surface area contributed by atoms with Crippen LogP contribution in [-0.2, 0) is 9.53 Å². The maximum absolute atomic E-state index is 13.0. The van der Waals surface area contributed by atoms with Crippen molar-refractivity contribution in [3.8, 4) is 11.1 Å². The van der Waals surface area contributed by atoms with Crippen molar-refractivity contribution in [1.29, 1.82) is 0 Å². The molecule has 0 spiro atoms. The van der Waals surface area contributed by atoms with Gasteiger partial charge in [-0.15, -0.1) is 0 Å². The Morgan fingerprint density at radius 3 is 2.19 bits per heavy atom. The normalized spacial score (nSPS) is 22.2. The number of carbonyl (C=O) groups excluding carboxylic acids is 1. The lowest BCUT2D eigenvalue weighted by molar-refractivity contribution is -0.139. The number of hydrogen-bond acceptors (Lipinski definition) is 5. The molecule has 0 bridgehead atoms. The fourth-order valence-corrected chi connectivity index (χ4v) is 2.93. The Labute approximate surface area is 149 Å². The summed E-state index contributed by atoms with van der Waals surface area (Å²) >= 11 is 0. The van der Waals surface area contributed by atoms with Crippen molar-refractivity contribution < 1.29 is 28.9 Å². The van der Waals surface area contributed by atoms with Crippen molar-refractivity contribution >= 4 is 11.9 Å². The van der Waals surface area contributed by atoms with Gasteiger partial charge in [0.05, 0.1) is 12.2 Å². The first-order valence-corrected chi connectivity index (χ1v) is 8.09. The van der Waals surface area contributed by atoms with Gasteiger partial charge in [0.2, 0.25) is 0 Å². The van der Waals surface area contributed by atoms with Crippen LogP contribution in [0.2, 0.25) is 0 Å². The number of aliphatic carboxylic acids is 1. The minimum atomic E-state index is -1.25. The average Bonchev–Trinajstić information content (AvgIpc) is 3.07. The van der Waals surface area contributed by atoms with Gasteiger partial charge in [-0.1, -0.05) is 24.3 Å². The van der Waals surface area contributed by atoms with Gasteiger partial charge in [-0.05, 0) is 35.4 Å². The van der Waals surface area contributed by atoms with Crippen LogP contribution in [0.25, 0.3) is 11.1 Å². The summed E-state index contributed by atoms with van der Waals surface area (Å²) in [4.78, 5) is 23.4. The number of carboxylic acid groups (broad SMARTS) is 1. The lowest BCUT2D eigenvalue weighted by Crippen LogP contribution is -2.41. The maximum atomic E-state index is 13.0. The third kappa shape index (κ3) is 3.74. The van der Waals surface area contributed by atoms with Crippen molar-refractivity contribution in [2.75, 3.05) is 13.2 Å². The highest BCUT2D eigenvalue weighted by Gasteiger charge is 2.44. The molecule has 3 rings (SSSR count). The van der Waals surface area contributed by atoms with Gasteiger partial charge in [0.1, 0.15) is 17.5 Å². The van der Waals surface area contributed by atoms with Gasteiger partial charge in [0.25, 0.3) is 0 Å². The zero-order valence-corrected chi connectivity index (χ0v) is 13.8. The molecule has 2 aromatic rings. The molecule has 0 aromatic heterocycles. The highest BCUT2D eigenvalue weighted by atomic mass is 19.1. The number of halogens is 1. The summed E-state index contributed by atoms with van der Waals surface area (Å²) in [7, 11) is 0. The van der Waals surface area contributed by atoms with Crippen molar-refractivity contribution in [1.82, 2.24) is 5.32 Å². The highest BCUT2D eigenvalue weighted by Crippen LogP contribution is 2.26. The Hall–Kier alpha value is -2.77. The number of rotatable bonds is 5. The minimum Gasteiger partial charge on any atom is -0.480 e. The fourth-order valence-electron chi connectivity index (χ4n) is 2.93. The quantitative estimate of drug-likeness (QED) is 0.705. The lowest BCUT2D eigenvalue weighted by Gasteiger charge is -2.26. The van der Waals surface area contributed by atoms with Crippen LogP contribution in [0.5, 0.6) is 0 Å². The summed E-state index contributed by atoms with van der Waals surface area (Å²) in [5.74, 6) is -2.02. The highest BCUT2D eigenvalue weighted by molar-refractivity contribution is 5.90. The van der Waals surface area contributed by atoms with Crippen molar-refractivity contribution in [3.63, 3.8) is 0 Å². The van der Waals surface area contributed by atoms with Gasteiger partial charge in [-0.25, -0.2) is 9.18 Å². The van der Waals surface area contributed by atoms with Gasteiger partial charge in [-0.2, -0.15) is 0 Å². The number of esters is 1. The second-order valence-electron chi connectivity index (χ2n) is 6.29. The molecule has 0 unspecified atom stereocenters. The number of carbonyl (C=O) groups is 2. The van der Waals surface area contributed by atoms with E-state index in [0.717, 1.165) is 11.1 Å². The molecule has 1 aliphatic rings. The molecule has 1 saturated heterocycles. The van der Waals surface area contributed by atoms with Crippen LogP contribution >= 0.6 is 0 Å². The number of aliphatic hydroxyl groups excluding tert-OH is 1. The standard InChI is InChI=1S/C19H18FNO5/c20-15-7-5-13(6-8-15)12-1-3-14(4-2-12)18(25)26-19(11-22)9-16(17(23)24)21-10-19/h1-8,16,21-22H,9-11H2,(H,23,24)/t16-,19+/m0/s1. The van der Waals surface area contributed by atoms with Crippen LogP contribution in [0.3, 0.4) is 0 Å². The summed E-state index contributed by atoms with van der Waals surface area (Å²) in [6.45, 7) is -0.400. The van der Waals surface area contributed by atoms with Crippen LogP contribution < -0.4 is 5.32 Å². The molecule has 136 valence electrons. The minimum absolute atomic E-state index is 0.00175. The number of aliphatic hydroxyl groups is 1. The van der Waals surface area contributed by atoms with E-state index in [4.69, 9.17) is 9.84 Å². The maximum Gasteiger partial charge on any atom is 0.338 e. The lowest BCUT2D eigenvalue weighted by atomic mass is 10.0. The van der Waals surface area contributed by atoms with Crippen molar-refractivity contribution in [3.05, 3.63) is 59.9 Å². The summed E-state index contributed by atoms with van der Waals surface area (Å²) in [5.41, 5.74) is 0.646. The largest absolute Gasteiger partial charge is 0.480 e. The molecule has 3 N–H and O–H groups in total. The molecule has 1 aliphatic heterocycles. The predicted octanol–water partition coefficient (Wildman–Crippen LogP) is 1.83. The first-order valence-electron chi connectivity index (χ1n) is 8.09. The summed E-state index contributed by atoms with van der Waals surface area (Å²) in [6, 6.07) is 11.7.